The minimum absolute atomic E-state index is 0.0662. The van der Waals surface area contributed by atoms with Gasteiger partial charge in [-0.25, -0.2) is 0 Å². The second-order valence-electron chi connectivity index (χ2n) is 3.76. The molecule has 0 aromatic carbocycles. The maximum Gasteiger partial charge on any atom is 0.271 e. The fraction of sp³-hybridized carbons (Fsp3) is 0.643. The maximum atomic E-state index is 12.0. The Labute approximate surface area is 117 Å². The molecule has 3 N–H and O–H groups in total. The Morgan fingerprint density at radius 1 is 1.16 bits per heavy atom. The average Bonchev–Trinajstić information content (AvgIpc) is 2.51. The molecule has 19 heavy (non-hydrogen) atoms. The van der Waals surface area contributed by atoms with E-state index >= 15 is 0 Å². The summed E-state index contributed by atoms with van der Waals surface area (Å²) >= 11 is 0. The number of piperazine rings is 1. The van der Waals surface area contributed by atoms with Gasteiger partial charge in [-0.05, 0) is 18.6 Å². The Kier molecular flexibility index (Phi) is 9.62. The zero-order chi connectivity index (χ0) is 14.7. The third kappa shape index (κ3) is 5.79. The quantitative estimate of drug-likeness (QED) is 0.672. The number of carbonyl (C=O) groups excluding carboxylic acids is 1. The van der Waals surface area contributed by atoms with Gasteiger partial charge in [-0.15, -0.1) is 0 Å². The summed E-state index contributed by atoms with van der Waals surface area (Å²) in [6, 6.07) is 0. The highest BCUT2D eigenvalue weighted by Crippen LogP contribution is 2.06. The van der Waals surface area contributed by atoms with Crippen molar-refractivity contribution < 1.29 is 4.79 Å². The highest BCUT2D eigenvalue weighted by Gasteiger charge is 2.20. The van der Waals surface area contributed by atoms with Gasteiger partial charge in [0.05, 0.1) is 0 Å². The van der Waals surface area contributed by atoms with Crippen LogP contribution in [0.5, 0.6) is 0 Å². The Bertz CT molecular complexity index is 317. The van der Waals surface area contributed by atoms with Crippen LogP contribution in [0.4, 0.5) is 0 Å². The van der Waals surface area contributed by atoms with Crippen LogP contribution in [0.3, 0.4) is 0 Å². The topological polar surface area (TPSA) is 56.4 Å². The molecular formula is C14H28N4O. The molecule has 0 atom stereocenters. The van der Waals surface area contributed by atoms with E-state index in [1.54, 1.807) is 0 Å². The van der Waals surface area contributed by atoms with Crippen LogP contribution in [-0.2, 0) is 4.79 Å². The number of hydrazine groups is 1. The van der Waals surface area contributed by atoms with Gasteiger partial charge < -0.3 is 15.6 Å². The molecule has 1 fully saturated rings. The van der Waals surface area contributed by atoms with E-state index in [9.17, 15) is 4.79 Å². The number of rotatable bonds is 1. The molecule has 0 unspecified atom stereocenters. The summed E-state index contributed by atoms with van der Waals surface area (Å²) in [6.07, 6.45) is 3.69. The molecule has 0 bridgehead atoms. The summed E-state index contributed by atoms with van der Waals surface area (Å²) in [6.45, 7) is 13.3. The molecule has 2 rings (SSSR count). The summed E-state index contributed by atoms with van der Waals surface area (Å²) in [7, 11) is 0. The van der Waals surface area contributed by atoms with Crippen molar-refractivity contribution in [2.75, 3.05) is 26.2 Å². The summed E-state index contributed by atoms with van der Waals surface area (Å²) in [5.41, 5.74) is 7.40. The summed E-state index contributed by atoms with van der Waals surface area (Å²) in [5, 5.41) is 3.22. The lowest BCUT2D eigenvalue weighted by Gasteiger charge is -2.29. The molecule has 110 valence electrons. The lowest BCUT2D eigenvalue weighted by Crippen LogP contribution is -2.49. The lowest BCUT2D eigenvalue weighted by molar-refractivity contribution is -0.128. The predicted octanol–water partition coefficient (Wildman–Crippen LogP) is 1.37. The van der Waals surface area contributed by atoms with Crippen molar-refractivity contribution in [2.45, 2.75) is 34.6 Å². The lowest BCUT2D eigenvalue weighted by atomic mass is 10.2. The molecule has 2 aliphatic rings. The van der Waals surface area contributed by atoms with Crippen LogP contribution in [0.15, 0.2) is 23.5 Å². The molecule has 1 saturated heterocycles. The largest absolute Gasteiger partial charge is 0.335 e. The number of carbonyl (C=O) groups is 1. The van der Waals surface area contributed by atoms with E-state index < -0.39 is 0 Å². The predicted molar refractivity (Wildman–Crippen MR) is 80.3 cm³/mol. The van der Waals surface area contributed by atoms with Crippen LogP contribution < -0.4 is 16.2 Å². The molecule has 1 amide bonds. The number of allylic oxidation sites excluding steroid dienone is 2. The molecule has 0 aliphatic carbocycles. The standard InChI is InChI=1S/C10H16N4O.2C2H6/c1-8-6-9(13-12-7-8)10(15)14-4-2-11-3-5-14;2*1-2/h6-7,11-13H,2-5H2,1H3;2*1-2H3. The van der Waals surface area contributed by atoms with Gasteiger partial charge in [0, 0.05) is 32.4 Å². The molecule has 0 aromatic heterocycles. The van der Waals surface area contributed by atoms with Crippen molar-refractivity contribution >= 4 is 5.91 Å². The van der Waals surface area contributed by atoms with Crippen molar-refractivity contribution in [3.8, 4) is 0 Å². The second-order valence-corrected chi connectivity index (χ2v) is 3.76. The fourth-order valence-electron chi connectivity index (χ4n) is 1.69. The number of hydrogen-bond acceptors (Lipinski definition) is 4. The second kappa shape index (κ2) is 10.4. The number of nitrogens with zero attached hydrogens (tertiary/aromatic N) is 1. The van der Waals surface area contributed by atoms with Gasteiger partial charge in [0.25, 0.3) is 5.91 Å². The Balaban J connectivity index is 0.000000741. The molecule has 5 heteroatoms. The van der Waals surface area contributed by atoms with Crippen molar-refractivity contribution in [1.82, 2.24) is 21.1 Å². The number of nitrogens with one attached hydrogen (secondary N) is 3. The van der Waals surface area contributed by atoms with Gasteiger partial charge >= 0.3 is 0 Å². The van der Waals surface area contributed by atoms with Crippen molar-refractivity contribution in [1.29, 1.82) is 0 Å². The summed E-state index contributed by atoms with van der Waals surface area (Å²) in [5.74, 6) is 0.0662. The van der Waals surface area contributed by atoms with E-state index in [1.165, 1.54) is 0 Å². The van der Waals surface area contributed by atoms with Gasteiger partial charge in [-0.2, -0.15) is 0 Å². The molecule has 0 radical (unpaired) electrons. The van der Waals surface area contributed by atoms with Gasteiger partial charge in [0.15, 0.2) is 0 Å². The van der Waals surface area contributed by atoms with Crippen molar-refractivity contribution in [3.05, 3.63) is 23.5 Å². The average molecular weight is 268 g/mol. The first-order valence-electron chi connectivity index (χ1n) is 7.17. The van der Waals surface area contributed by atoms with E-state index in [1.807, 2.05) is 51.8 Å². The third-order valence-corrected chi connectivity index (χ3v) is 2.51. The van der Waals surface area contributed by atoms with Gasteiger partial charge in [0.2, 0.25) is 0 Å². The van der Waals surface area contributed by atoms with Crippen molar-refractivity contribution in [3.63, 3.8) is 0 Å². The highest BCUT2D eigenvalue weighted by molar-refractivity contribution is 5.93. The maximum absolute atomic E-state index is 12.0. The zero-order valence-corrected chi connectivity index (χ0v) is 12.8. The molecule has 0 saturated carbocycles. The molecule has 2 heterocycles. The SMILES string of the molecule is CC.CC.CC1=CNNC(C(=O)N2CCNCC2)=C1. The molecule has 0 spiro atoms. The number of amides is 1. The molecule has 0 aromatic rings. The Morgan fingerprint density at radius 3 is 2.26 bits per heavy atom. The normalized spacial score (nSPS) is 17.2. The van der Waals surface area contributed by atoms with E-state index in [2.05, 4.69) is 16.2 Å². The van der Waals surface area contributed by atoms with Crippen LogP contribution in [0.25, 0.3) is 0 Å². The van der Waals surface area contributed by atoms with Gasteiger partial charge in [-0.1, -0.05) is 27.7 Å². The van der Waals surface area contributed by atoms with Crippen LogP contribution in [-0.4, -0.2) is 37.0 Å². The Morgan fingerprint density at radius 2 is 1.74 bits per heavy atom. The zero-order valence-electron chi connectivity index (χ0n) is 12.8. The van der Waals surface area contributed by atoms with Crippen LogP contribution >= 0.6 is 0 Å². The minimum atomic E-state index is 0.0662. The summed E-state index contributed by atoms with van der Waals surface area (Å²) < 4.78 is 0. The van der Waals surface area contributed by atoms with Crippen LogP contribution in [0, 0.1) is 0 Å². The van der Waals surface area contributed by atoms with Crippen molar-refractivity contribution in [2.24, 2.45) is 0 Å². The highest BCUT2D eigenvalue weighted by atomic mass is 16.2. The monoisotopic (exact) mass is 268 g/mol. The van der Waals surface area contributed by atoms with Crippen LogP contribution in [0.2, 0.25) is 0 Å². The third-order valence-electron chi connectivity index (χ3n) is 2.51. The van der Waals surface area contributed by atoms with Gasteiger partial charge in [0.1, 0.15) is 5.70 Å². The van der Waals surface area contributed by atoms with E-state index in [0.29, 0.717) is 5.70 Å². The Hall–Kier alpha value is -1.49. The first-order valence-corrected chi connectivity index (χ1v) is 7.17. The van der Waals surface area contributed by atoms with E-state index in [0.717, 1.165) is 31.8 Å². The minimum Gasteiger partial charge on any atom is -0.335 e. The first kappa shape index (κ1) is 17.5. The molecule has 5 nitrogen and oxygen atoms in total. The molecule has 2 aliphatic heterocycles. The van der Waals surface area contributed by atoms with E-state index in [4.69, 9.17) is 0 Å². The molecular weight excluding hydrogens is 240 g/mol. The van der Waals surface area contributed by atoms with Crippen LogP contribution in [0.1, 0.15) is 34.6 Å². The first-order chi connectivity index (χ1) is 9.27. The number of hydrogen-bond donors (Lipinski definition) is 3. The fourth-order valence-corrected chi connectivity index (χ4v) is 1.69. The smallest absolute Gasteiger partial charge is 0.271 e. The van der Waals surface area contributed by atoms with Gasteiger partial charge in [-0.3, -0.25) is 10.2 Å². The van der Waals surface area contributed by atoms with E-state index in [-0.39, 0.29) is 5.91 Å². The summed E-state index contributed by atoms with van der Waals surface area (Å²) in [4.78, 5) is 13.9.